The summed E-state index contributed by atoms with van der Waals surface area (Å²) in [5.74, 6) is 0. The summed E-state index contributed by atoms with van der Waals surface area (Å²) in [5, 5.41) is 0. The molecule has 0 bridgehead atoms. The van der Waals surface area contributed by atoms with E-state index in [4.69, 9.17) is 0 Å². The highest BCUT2D eigenvalue weighted by Crippen LogP contribution is 2.30. The SMILES string of the molecule is Cc1cc(-c2ccc(CN3CN=Cc4ccc(N5CCN(S(C)(=O)=O)CC5)cc43)cn2)ccn1. The van der Waals surface area contributed by atoms with Gasteiger partial charge in [-0.05, 0) is 48.9 Å². The molecule has 0 radical (unpaired) electrons. The maximum atomic E-state index is 11.8. The summed E-state index contributed by atoms with van der Waals surface area (Å²) in [5.41, 5.74) is 7.40. The average molecular weight is 477 g/mol. The van der Waals surface area contributed by atoms with Crippen molar-refractivity contribution in [1.82, 2.24) is 14.3 Å². The summed E-state index contributed by atoms with van der Waals surface area (Å²) in [4.78, 5) is 18.0. The minimum absolute atomic E-state index is 0.510. The highest BCUT2D eigenvalue weighted by Gasteiger charge is 2.24. The van der Waals surface area contributed by atoms with E-state index in [1.807, 2.05) is 37.7 Å². The molecule has 0 N–H and O–H groups in total. The van der Waals surface area contributed by atoms with Gasteiger partial charge in [0.15, 0.2) is 0 Å². The van der Waals surface area contributed by atoms with Crippen LogP contribution >= 0.6 is 0 Å². The first-order valence-corrected chi connectivity index (χ1v) is 13.2. The predicted octanol–water partition coefficient (Wildman–Crippen LogP) is 2.93. The Hall–Kier alpha value is -3.30. The third-order valence-corrected chi connectivity index (χ3v) is 7.60. The lowest BCUT2D eigenvalue weighted by Gasteiger charge is -2.36. The second kappa shape index (κ2) is 9.15. The molecule has 176 valence electrons. The van der Waals surface area contributed by atoms with Crippen molar-refractivity contribution in [2.45, 2.75) is 13.5 Å². The van der Waals surface area contributed by atoms with Crippen LogP contribution in [0.25, 0.3) is 11.3 Å². The fourth-order valence-electron chi connectivity index (χ4n) is 4.45. The summed E-state index contributed by atoms with van der Waals surface area (Å²) < 4.78 is 25.2. The Labute approximate surface area is 200 Å². The molecule has 9 heteroatoms. The van der Waals surface area contributed by atoms with E-state index in [0.29, 0.717) is 39.4 Å². The van der Waals surface area contributed by atoms with Gasteiger partial charge in [0.05, 0.1) is 11.9 Å². The molecule has 0 unspecified atom stereocenters. The Balaban J connectivity index is 1.32. The zero-order valence-corrected chi connectivity index (χ0v) is 20.2. The molecule has 2 aromatic heterocycles. The number of rotatable bonds is 5. The highest BCUT2D eigenvalue weighted by atomic mass is 32.2. The summed E-state index contributed by atoms with van der Waals surface area (Å²) >= 11 is 0. The van der Waals surface area contributed by atoms with Gasteiger partial charge in [0, 0.05) is 79.5 Å². The number of anilines is 2. The normalized spacial score (nSPS) is 16.5. The maximum Gasteiger partial charge on any atom is 0.211 e. The molecule has 0 amide bonds. The summed E-state index contributed by atoms with van der Waals surface area (Å²) in [6, 6.07) is 14.6. The molecule has 2 aliphatic rings. The zero-order chi connectivity index (χ0) is 23.7. The van der Waals surface area contributed by atoms with Gasteiger partial charge < -0.3 is 9.80 Å². The van der Waals surface area contributed by atoms with E-state index in [2.05, 4.69) is 55.1 Å². The number of hydrogen-bond acceptors (Lipinski definition) is 7. The van der Waals surface area contributed by atoms with Gasteiger partial charge >= 0.3 is 0 Å². The summed E-state index contributed by atoms with van der Waals surface area (Å²) in [6.45, 7) is 5.65. The minimum atomic E-state index is -3.14. The first-order valence-electron chi connectivity index (χ1n) is 11.3. The number of fused-ring (bicyclic) bond motifs is 1. The average Bonchev–Trinajstić information content (AvgIpc) is 2.84. The van der Waals surface area contributed by atoms with Crippen molar-refractivity contribution >= 4 is 27.6 Å². The maximum absolute atomic E-state index is 11.8. The Morgan fingerprint density at radius 1 is 0.971 bits per heavy atom. The van der Waals surface area contributed by atoms with Crippen LogP contribution in [-0.4, -0.2) is 68.0 Å². The number of nitrogens with zero attached hydrogens (tertiary/aromatic N) is 6. The van der Waals surface area contributed by atoms with Crippen molar-refractivity contribution in [3.8, 4) is 11.3 Å². The van der Waals surface area contributed by atoms with Crippen molar-refractivity contribution in [2.24, 2.45) is 4.99 Å². The second-order valence-corrected chi connectivity index (χ2v) is 10.8. The van der Waals surface area contributed by atoms with Gasteiger partial charge in [0.25, 0.3) is 0 Å². The minimum Gasteiger partial charge on any atom is -0.369 e. The second-order valence-electron chi connectivity index (χ2n) is 8.78. The number of hydrogen-bond donors (Lipinski definition) is 0. The van der Waals surface area contributed by atoms with E-state index >= 15 is 0 Å². The zero-order valence-electron chi connectivity index (χ0n) is 19.4. The van der Waals surface area contributed by atoms with Gasteiger partial charge in [-0.1, -0.05) is 6.07 Å². The fourth-order valence-corrected chi connectivity index (χ4v) is 5.28. The van der Waals surface area contributed by atoms with Crippen LogP contribution in [0.15, 0.2) is 59.9 Å². The molecule has 0 spiro atoms. The Bertz CT molecular complexity index is 1320. The van der Waals surface area contributed by atoms with Gasteiger partial charge in [-0.3, -0.25) is 15.0 Å². The molecule has 3 aromatic rings. The largest absolute Gasteiger partial charge is 0.369 e. The number of aryl methyl sites for hydroxylation is 1. The lowest BCUT2D eigenvalue weighted by Crippen LogP contribution is -2.48. The topological polar surface area (TPSA) is 82.0 Å². The quantitative estimate of drug-likeness (QED) is 0.563. The number of aromatic nitrogens is 2. The molecule has 0 aliphatic carbocycles. The van der Waals surface area contributed by atoms with Crippen molar-refractivity contribution in [1.29, 1.82) is 0 Å². The molecular weight excluding hydrogens is 448 g/mol. The number of aliphatic imine (C=N–C) groups is 1. The van der Waals surface area contributed by atoms with E-state index in [1.165, 1.54) is 6.26 Å². The highest BCUT2D eigenvalue weighted by molar-refractivity contribution is 7.88. The Kier molecular flexibility index (Phi) is 6.05. The molecule has 34 heavy (non-hydrogen) atoms. The van der Waals surface area contributed by atoms with Crippen molar-refractivity contribution < 1.29 is 8.42 Å². The van der Waals surface area contributed by atoms with E-state index in [1.54, 1.807) is 4.31 Å². The van der Waals surface area contributed by atoms with Gasteiger partial charge in [-0.15, -0.1) is 0 Å². The summed E-state index contributed by atoms with van der Waals surface area (Å²) in [7, 11) is -3.14. The van der Waals surface area contributed by atoms with Gasteiger partial charge in [0.2, 0.25) is 10.0 Å². The van der Waals surface area contributed by atoms with E-state index in [0.717, 1.165) is 39.5 Å². The monoisotopic (exact) mass is 476 g/mol. The molecule has 2 aliphatic heterocycles. The molecule has 1 fully saturated rings. The molecule has 5 rings (SSSR count). The molecule has 1 saturated heterocycles. The molecule has 0 saturated carbocycles. The Morgan fingerprint density at radius 3 is 2.50 bits per heavy atom. The van der Waals surface area contributed by atoms with Crippen LogP contribution in [0.4, 0.5) is 11.4 Å². The third-order valence-electron chi connectivity index (χ3n) is 6.30. The van der Waals surface area contributed by atoms with Crippen LogP contribution in [0.5, 0.6) is 0 Å². The number of sulfonamides is 1. The van der Waals surface area contributed by atoms with E-state index < -0.39 is 10.0 Å². The van der Waals surface area contributed by atoms with Gasteiger partial charge in [-0.25, -0.2) is 8.42 Å². The number of piperazine rings is 1. The molecule has 8 nitrogen and oxygen atoms in total. The van der Waals surface area contributed by atoms with Gasteiger partial charge in [-0.2, -0.15) is 4.31 Å². The van der Waals surface area contributed by atoms with Crippen LogP contribution < -0.4 is 9.80 Å². The summed E-state index contributed by atoms with van der Waals surface area (Å²) in [6.07, 6.45) is 6.93. The lowest BCUT2D eigenvalue weighted by molar-refractivity contribution is 0.388. The van der Waals surface area contributed by atoms with Crippen molar-refractivity contribution in [3.05, 3.63) is 71.7 Å². The van der Waals surface area contributed by atoms with Crippen LogP contribution in [-0.2, 0) is 16.6 Å². The van der Waals surface area contributed by atoms with Crippen molar-refractivity contribution in [2.75, 3.05) is 48.9 Å². The molecule has 0 atom stereocenters. The van der Waals surface area contributed by atoms with Crippen LogP contribution in [0.3, 0.4) is 0 Å². The predicted molar refractivity (Wildman–Crippen MR) is 136 cm³/mol. The number of benzene rings is 1. The van der Waals surface area contributed by atoms with Crippen LogP contribution in [0.2, 0.25) is 0 Å². The fraction of sp³-hybridized carbons (Fsp3) is 0.320. The molecular formula is C25H28N6O2S. The first kappa shape index (κ1) is 22.5. The lowest BCUT2D eigenvalue weighted by atomic mass is 10.1. The third kappa shape index (κ3) is 4.80. The van der Waals surface area contributed by atoms with E-state index in [9.17, 15) is 8.42 Å². The molecule has 4 heterocycles. The van der Waals surface area contributed by atoms with Crippen molar-refractivity contribution in [3.63, 3.8) is 0 Å². The van der Waals surface area contributed by atoms with E-state index in [-0.39, 0.29) is 0 Å². The smallest absolute Gasteiger partial charge is 0.211 e. The number of pyridine rings is 2. The van der Waals surface area contributed by atoms with Crippen LogP contribution in [0, 0.1) is 6.92 Å². The van der Waals surface area contributed by atoms with Gasteiger partial charge in [0.1, 0.15) is 6.67 Å². The molecule has 1 aromatic carbocycles. The standard InChI is InChI=1S/C25H28N6O2S/c1-19-13-21(7-8-27-19)24-6-3-20(15-28-24)17-30-18-26-16-22-4-5-23(14-25(22)30)29-9-11-31(12-10-29)34(2,32)33/h3-8,13-16H,9-12,17-18H2,1-2H3. The Morgan fingerprint density at radius 2 is 1.79 bits per heavy atom. The first-order chi connectivity index (χ1) is 16.4. The van der Waals surface area contributed by atoms with Crippen LogP contribution in [0.1, 0.15) is 16.8 Å².